The monoisotopic (exact) mass is 436 g/mol. The normalized spacial score (nSPS) is 24.5. The Hall–Kier alpha value is -2.98. The van der Waals surface area contributed by atoms with Crippen LogP contribution >= 0.6 is 0 Å². The Labute approximate surface area is 176 Å². The minimum atomic E-state index is -4.46. The lowest BCUT2D eigenvalue weighted by molar-refractivity contribution is -0.189. The summed E-state index contributed by atoms with van der Waals surface area (Å²) in [4.78, 5) is 6.65. The summed E-state index contributed by atoms with van der Waals surface area (Å²) in [5.74, 6) is 2.00. The maximum atomic E-state index is 12.9. The summed E-state index contributed by atoms with van der Waals surface area (Å²) in [5, 5.41) is 11.8. The molecule has 2 bridgehead atoms. The van der Waals surface area contributed by atoms with Crippen molar-refractivity contribution in [3.8, 4) is 5.75 Å². The van der Waals surface area contributed by atoms with E-state index in [1.807, 2.05) is 13.0 Å². The number of ether oxygens (including phenoxy) is 1. The molecule has 1 aliphatic carbocycles. The fourth-order valence-electron chi connectivity index (χ4n) is 4.58. The van der Waals surface area contributed by atoms with Gasteiger partial charge in [-0.15, -0.1) is 5.10 Å². The fourth-order valence-corrected chi connectivity index (χ4v) is 4.58. The van der Waals surface area contributed by atoms with Crippen LogP contribution in [0, 0.1) is 18.8 Å². The van der Waals surface area contributed by atoms with Crippen molar-refractivity contribution in [3.63, 3.8) is 0 Å². The van der Waals surface area contributed by atoms with Gasteiger partial charge in [0.05, 0.1) is 5.69 Å². The molecule has 1 saturated heterocycles. The number of piperidine rings is 1. The van der Waals surface area contributed by atoms with Gasteiger partial charge in [0.2, 0.25) is 11.8 Å². The second-order valence-electron chi connectivity index (χ2n) is 8.36. The molecule has 0 amide bonds. The lowest BCUT2D eigenvalue weighted by atomic mass is 9.92. The van der Waals surface area contributed by atoms with Crippen LogP contribution in [0.5, 0.6) is 5.75 Å². The number of aromatic nitrogens is 4. The second kappa shape index (κ2) is 7.31. The number of pyridine rings is 1. The first kappa shape index (κ1) is 20.0. The van der Waals surface area contributed by atoms with Gasteiger partial charge in [0, 0.05) is 31.4 Å². The summed E-state index contributed by atoms with van der Waals surface area (Å²) in [5.41, 5.74) is 1.11. The van der Waals surface area contributed by atoms with Gasteiger partial charge in [-0.2, -0.15) is 18.2 Å². The zero-order chi connectivity index (χ0) is 21.8. The van der Waals surface area contributed by atoms with Gasteiger partial charge >= 0.3 is 6.18 Å². The zero-order valence-corrected chi connectivity index (χ0v) is 17.1. The van der Waals surface area contributed by atoms with E-state index >= 15 is 0 Å². The number of rotatable bonds is 5. The third-order valence-electron chi connectivity index (χ3n) is 6.15. The first-order valence-corrected chi connectivity index (χ1v) is 10.3. The summed E-state index contributed by atoms with van der Waals surface area (Å²) in [6.07, 6.45) is -2.59. The van der Waals surface area contributed by atoms with E-state index in [0.29, 0.717) is 17.8 Å². The lowest BCUT2D eigenvalue weighted by Gasteiger charge is -2.37. The van der Waals surface area contributed by atoms with E-state index < -0.39 is 12.3 Å². The van der Waals surface area contributed by atoms with Crippen LogP contribution in [0.1, 0.15) is 25.5 Å². The van der Waals surface area contributed by atoms with Crippen LogP contribution in [-0.4, -0.2) is 51.2 Å². The molecule has 2 aliphatic rings. The van der Waals surface area contributed by atoms with Crippen LogP contribution in [0.15, 0.2) is 28.9 Å². The summed E-state index contributed by atoms with van der Waals surface area (Å²) in [7, 11) is 0. The summed E-state index contributed by atoms with van der Waals surface area (Å²) in [6, 6.07) is 5.19. The van der Waals surface area contributed by atoms with E-state index in [9.17, 15) is 13.2 Å². The third-order valence-corrected chi connectivity index (χ3v) is 6.15. The van der Waals surface area contributed by atoms with Crippen molar-refractivity contribution in [1.29, 1.82) is 0 Å². The molecule has 5 rings (SSSR count). The predicted molar refractivity (Wildman–Crippen MR) is 106 cm³/mol. The SMILES string of the molecule is Cc1cc(N2C[C@H]3CC[C@@H](C2)C3Nc2nc3c(O[C@H](C)C(F)(F)F)cccn3n2)on1. The molecule has 1 saturated carbocycles. The molecule has 8 nitrogen and oxygen atoms in total. The second-order valence-corrected chi connectivity index (χ2v) is 8.36. The standard InChI is InChI=1S/C20H23F3N6O2/c1-11-8-16(31-27-11)28-9-13-5-6-14(10-28)17(13)24-19-25-18-15(4-3-7-29(18)26-19)30-12(2)20(21,22)23/h3-4,7-8,12-14,17H,5-6,9-10H2,1-2H3,(H,24,26)/t12-,13-,14+,17?/m1/s1. The van der Waals surface area contributed by atoms with Crippen molar-refractivity contribution < 1.29 is 22.4 Å². The van der Waals surface area contributed by atoms with Crippen LogP contribution in [0.4, 0.5) is 25.0 Å². The molecule has 3 aromatic heterocycles. The van der Waals surface area contributed by atoms with Gasteiger partial charge in [-0.25, -0.2) is 4.52 Å². The molecule has 4 heterocycles. The highest BCUT2D eigenvalue weighted by Gasteiger charge is 2.43. The molecule has 1 N–H and O–H groups in total. The average molecular weight is 436 g/mol. The van der Waals surface area contributed by atoms with Crippen molar-refractivity contribution in [1.82, 2.24) is 19.8 Å². The Bertz CT molecular complexity index is 1070. The van der Waals surface area contributed by atoms with Gasteiger partial charge < -0.3 is 19.5 Å². The molecular weight excluding hydrogens is 413 g/mol. The summed E-state index contributed by atoms with van der Waals surface area (Å²) >= 11 is 0. The number of anilines is 2. The van der Waals surface area contributed by atoms with Crippen LogP contribution in [0.3, 0.4) is 0 Å². The highest BCUT2D eigenvalue weighted by molar-refractivity contribution is 5.56. The number of nitrogens with zero attached hydrogens (tertiary/aromatic N) is 5. The van der Waals surface area contributed by atoms with Crippen molar-refractivity contribution in [2.24, 2.45) is 11.8 Å². The minimum Gasteiger partial charge on any atom is -0.477 e. The number of alkyl halides is 3. The topological polar surface area (TPSA) is 80.7 Å². The number of halogens is 3. The van der Waals surface area contributed by atoms with Gasteiger partial charge in [-0.1, -0.05) is 5.16 Å². The molecule has 31 heavy (non-hydrogen) atoms. The molecule has 0 aromatic carbocycles. The van der Waals surface area contributed by atoms with E-state index in [0.717, 1.165) is 44.4 Å². The Balaban J connectivity index is 1.33. The maximum Gasteiger partial charge on any atom is 0.425 e. The molecule has 166 valence electrons. The van der Waals surface area contributed by atoms with E-state index in [-0.39, 0.29) is 17.4 Å². The largest absolute Gasteiger partial charge is 0.477 e. The van der Waals surface area contributed by atoms with Crippen LogP contribution < -0.4 is 15.0 Å². The molecular formula is C20H23F3N6O2. The van der Waals surface area contributed by atoms with E-state index in [1.54, 1.807) is 12.3 Å². The minimum absolute atomic E-state index is 0.0476. The fraction of sp³-hybridized carbons (Fsp3) is 0.550. The molecule has 2 fully saturated rings. The molecule has 3 aromatic rings. The van der Waals surface area contributed by atoms with Crippen LogP contribution in [0.25, 0.3) is 5.65 Å². The zero-order valence-electron chi connectivity index (χ0n) is 17.1. The Morgan fingerprint density at radius 2 is 2.00 bits per heavy atom. The molecule has 1 unspecified atom stereocenters. The number of hydrogen-bond acceptors (Lipinski definition) is 7. The van der Waals surface area contributed by atoms with Gasteiger partial charge in [0.1, 0.15) is 0 Å². The molecule has 11 heteroatoms. The molecule has 4 atom stereocenters. The van der Waals surface area contributed by atoms with Crippen molar-refractivity contribution >= 4 is 17.5 Å². The van der Waals surface area contributed by atoms with E-state index in [4.69, 9.17) is 9.26 Å². The first-order chi connectivity index (χ1) is 14.8. The predicted octanol–water partition coefficient (Wildman–Crippen LogP) is 3.68. The highest BCUT2D eigenvalue weighted by Crippen LogP contribution is 2.40. The highest BCUT2D eigenvalue weighted by atomic mass is 19.4. The number of hydrogen-bond donors (Lipinski definition) is 1. The quantitative estimate of drug-likeness (QED) is 0.654. The van der Waals surface area contributed by atoms with Crippen molar-refractivity contribution in [2.75, 3.05) is 23.3 Å². The Morgan fingerprint density at radius 1 is 1.26 bits per heavy atom. The number of fused-ring (bicyclic) bond motifs is 3. The molecule has 0 radical (unpaired) electrons. The van der Waals surface area contributed by atoms with Gasteiger partial charge in [0.25, 0.3) is 0 Å². The Kier molecular flexibility index (Phi) is 4.71. The molecule has 0 spiro atoms. The molecule has 1 aliphatic heterocycles. The van der Waals surface area contributed by atoms with Crippen molar-refractivity contribution in [2.45, 2.75) is 45.0 Å². The summed E-state index contributed by atoms with van der Waals surface area (Å²) < 4.78 is 50.7. The van der Waals surface area contributed by atoms with Gasteiger partial charge in [-0.05, 0) is 50.7 Å². The first-order valence-electron chi connectivity index (χ1n) is 10.3. The van der Waals surface area contributed by atoms with Crippen molar-refractivity contribution in [3.05, 3.63) is 30.1 Å². The lowest BCUT2D eigenvalue weighted by Crippen LogP contribution is -2.48. The Morgan fingerprint density at radius 3 is 2.65 bits per heavy atom. The smallest absolute Gasteiger partial charge is 0.425 e. The average Bonchev–Trinajstić information content (AvgIpc) is 3.38. The summed E-state index contributed by atoms with van der Waals surface area (Å²) in [6.45, 7) is 4.56. The van der Waals surface area contributed by atoms with Crippen LogP contribution in [0.2, 0.25) is 0 Å². The number of nitrogens with one attached hydrogen (secondary N) is 1. The van der Waals surface area contributed by atoms with Gasteiger partial charge in [-0.3, -0.25) is 0 Å². The van der Waals surface area contributed by atoms with E-state index in [2.05, 4.69) is 25.5 Å². The van der Waals surface area contributed by atoms with Crippen LogP contribution in [-0.2, 0) is 0 Å². The van der Waals surface area contributed by atoms with E-state index in [1.165, 1.54) is 10.6 Å². The third kappa shape index (κ3) is 3.77. The maximum absolute atomic E-state index is 12.9. The number of aryl methyl sites for hydroxylation is 1. The van der Waals surface area contributed by atoms with Gasteiger partial charge in [0.15, 0.2) is 17.5 Å².